The number of para-hydroxylation sites is 1. The fourth-order valence-electron chi connectivity index (χ4n) is 2.19. The van der Waals surface area contributed by atoms with E-state index in [-0.39, 0.29) is 17.5 Å². The summed E-state index contributed by atoms with van der Waals surface area (Å²) >= 11 is 0. The molecule has 2 N–H and O–H groups in total. The standard InChI is InChI=1S/C18H14N4O2/c1-2-16(23)21-13-8-9-15(20-11-13)18(24)22-14-7-3-5-12-6-4-10-19-17(12)14/h2-11H,1H2,(H,21,23)(H,22,24). The summed E-state index contributed by atoms with van der Waals surface area (Å²) in [5.74, 6) is -0.689. The Balaban J connectivity index is 1.79. The fraction of sp³-hybridized carbons (Fsp3) is 0. The van der Waals surface area contributed by atoms with E-state index in [9.17, 15) is 9.59 Å². The molecule has 0 unspecified atom stereocenters. The van der Waals surface area contributed by atoms with E-state index < -0.39 is 0 Å². The van der Waals surface area contributed by atoms with Crippen molar-refractivity contribution >= 4 is 34.1 Å². The van der Waals surface area contributed by atoms with E-state index in [1.54, 1.807) is 18.3 Å². The summed E-state index contributed by atoms with van der Waals surface area (Å²) in [7, 11) is 0. The number of hydrogen-bond acceptors (Lipinski definition) is 4. The quantitative estimate of drug-likeness (QED) is 0.724. The normalized spacial score (nSPS) is 10.2. The van der Waals surface area contributed by atoms with Crippen molar-refractivity contribution in [1.29, 1.82) is 0 Å². The third-order valence-corrected chi connectivity index (χ3v) is 3.33. The van der Waals surface area contributed by atoms with Gasteiger partial charge in [-0.25, -0.2) is 4.98 Å². The monoisotopic (exact) mass is 318 g/mol. The number of carbonyl (C=O) groups excluding carboxylic acids is 2. The largest absolute Gasteiger partial charge is 0.321 e. The lowest BCUT2D eigenvalue weighted by molar-refractivity contribution is -0.111. The van der Waals surface area contributed by atoms with Crippen molar-refractivity contribution < 1.29 is 9.59 Å². The number of pyridine rings is 2. The van der Waals surface area contributed by atoms with Gasteiger partial charge in [-0.3, -0.25) is 14.6 Å². The van der Waals surface area contributed by atoms with Crippen LogP contribution in [-0.2, 0) is 4.79 Å². The molecule has 0 radical (unpaired) electrons. The zero-order valence-corrected chi connectivity index (χ0v) is 12.7. The Morgan fingerprint density at radius 2 is 1.83 bits per heavy atom. The molecule has 0 saturated heterocycles. The highest BCUT2D eigenvalue weighted by Gasteiger charge is 2.10. The minimum absolute atomic E-state index is 0.236. The van der Waals surface area contributed by atoms with Gasteiger partial charge in [0, 0.05) is 11.6 Å². The minimum atomic E-state index is -0.352. The second kappa shape index (κ2) is 6.70. The van der Waals surface area contributed by atoms with Gasteiger partial charge in [-0.05, 0) is 30.3 Å². The van der Waals surface area contributed by atoms with Crippen LogP contribution < -0.4 is 10.6 Å². The first-order chi connectivity index (χ1) is 11.7. The molecule has 6 heteroatoms. The number of nitrogens with one attached hydrogen (secondary N) is 2. The first-order valence-electron chi connectivity index (χ1n) is 7.22. The molecular weight excluding hydrogens is 304 g/mol. The Hall–Kier alpha value is -3.54. The third kappa shape index (κ3) is 3.27. The molecule has 3 aromatic rings. The molecular formula is C18H14N4O2. The molecule has 0 aliphatic heterocycles. The first kappa shape index (κ1) is 15.4. The zero-order chi connectivity index (χ0) is 16.9. The van der Waals surface area contributed by atoms with Crippen LogP contribution in [0.5, 0.6) is 0 Å². The van der Waals surface area contributed by atoms with Crippen molar-refractivity contribution in [3.05, 3.63) is 73.2 Å². The zero-order valence-electron chi connectivity index (χ0n) is 12.7. The smallest absolute Gasteiger partial charge is 0.274 e. The molecule has 1 aromatic carbocycles. The van der Waals surface area contributed by atoms with Gasteiger partial charge in [-0.1, -0.05) is 24.8 Å². The maximum absolute atomic E-state index is 12.3. The summed E-state index contributed by atoms with van der Waals surface area (Å²) in [6, 6.07) is 12.5. The van der Waals surface area contributed by atoms with Crippen LogP contribution >= 0.6 is 0 Å². The van der Waals surface area contributed by atoms with Crippen LogP contribution in [0.2, 0.25) is 0 Å². The fourth-order valence-corrected chi connectivity index (χ4v) is 2.19. The minimum Gasteiger partial charge on any atom is -0.321 e. The highest BCUT2D eigenvalue weighted by atomic mass is 16.2. The molecule has 0 spiro atoms. The first-order valence-corrected chi connectivity index (χ1v) is 7.22. The molecule has 0 saturated carbocycles. The molecule has 3 rings (SSSR count). The summed E-state index contributed by atoms with van der Waals surface area (Å²) in [6.07, 6.45) is 4.25. The van der Waals surface area contributed by atoms with E-state index in [1.807, 2.05) is 24.3 Å². The number of carbonyl (C=O) groups is 2. The summed E-state index contributed by atoms with van der Waals surface area (Å²) in [5.41, 5.74) is 2.05. The van der Waals surface area contributed by atoms with E-state index in [0.717, 1.165) is 11.5 Å². The van der Waals surface area contributed by atoms with Crippen molar-refractivity contribution in [2.24, 2.45) is 0 Å². The number of fused-ring (bicyclic) bond motifs is 1. The van der Waals surface area contributed by atoms with Gasteiger partial charge in [0.2, 0.25) is 5.91 Å². The molecule has 0 aliphatic rings. The molecule has 0 fully saturated rings. The Labute approximate surface area is 138 Å². The van der Waals surface area contributed by atoms with Crippen molar-refractivity contribution in [3.8, 4) is 0 Å². The molecule has 0 aliphatic carbocycles. The number of rotatable bonds is 4. The van der Waals surface area contributed by atoms with E-state index in [0.29, 0.717) is 16.9 Å². The van der Waals surface area contributed by atoms with E-state index >= 15 is 0 Å². The van der Waals surface area contributed by atoms with E-state index in [4.69, 9.17) is 0 Å². The number of hydrogen-bond donors (Lipinski definition) is 2. The van der Waals surface area contributed by atoms with Crippen molar-refractivity contribution in [1.82, 2.24) is 9.97 Å². The lowest BCUT2D eigenvalue weighted by atomic mass is 10.2. The predicted octanol–water partition coefficient (Wildman–Crippen LogP) is 3.01. The molecule has 2 amide bonds. The summed E-state index contributed by atoms with van der Waals surface area (Å²) in [5, 5.41) is 6.31. The molecule has 0 bridgehead atoms. The Bertz CT molecular complexity index is 914. The van der Waals surface area contributed by atoms with Gasteiger partial charge < -0.3 is 10.6 Å². The molecule has 2 aromatic heterocycles. The summed E-state index contributed by atoms with van der Waals surface area (Å²) in [4.78, 5) is 31.9. The maximum Gasteiger partial charge on any atom is 0.274 e. The van der Waals surface area contributed by atoms with Crippen LogP contribution in [0.3, 0.4) is 0 Å². The lowest BCUT2D eigenvalue weighted by Gasteiger charge is -2.08. The molecule has 2 heterocycles. The van der Waals surface area contributed by atoms with Crippen molar-refractivity contribution in [2.45, 2.75) is 0 Å². The van der Waals surface area contributed by atoms with Gasteiger partial charge in [-0.2, -0.15) is 0 Å². The van der Waals surface area contributed by atoms with Crippen LogP contribution in [0, 0.1) is 0 Å². The number of nitrogens with zero attached hydrogens (tertiary/aromatic N) is 2. The van der Waals surface area contributed by atoms with Crippen LogP contribution in [0.25, 0.3) is 10.9 Å². The number of aromatic nitrogens is 2. The average Bonchev–Trinajstić information content (AvgIpc) is 2.62. The second-order valence-electron chi connectivity index (χ2n) is 4.96. The predicted molar refractivity (Wildman–Crippen MR) is 92.8 cm³/mol. The van der Waals surface area contributed by atoms with Crippen LogP contribution in [0.15, 0.2) is 67.5 Å². The van der Waals surface area contributed by atoms with Crippen LogP contribution in [0.1, 0.15) is 10.5 Å². The number of amides is 2. The summed E-state index contributed by atoms with van der Waals surface area (Å²) in [6.45, 7) is 3.37. The van der Waals surface area contributed by atoms with Crippen molar-refractivity contribution in [2.75, 3.05) is 10.6 Å². The topological polar surface area (TPSA) is 84.0 Å². The SMILES string of the molecule is C=CC(=O)Nc1ccc(C(=O)Nc2cccc3cccnc23)nc1. The lowest BCUT2D eigenvalue weighted by Crippen LogP contribution is -2.14. The molecule has 24 heavy (non-hydrogen) atoms. The Kier molecular flexibility index (Phi) is 4.29. The molecule has 0 atom stereocenters. The molecule has 118 valence electrons. The number of benzene rings is 1. The highest BCUT2D eigenvalue weighted by molar-refractivity contribution is 6.07. The van der Waals surface area contributed by atoms with Gasteiger partial charge in [0.25, 0.3) is 5.91 Å². The van der Waals surface area contributed by atoms with Crippen molar-refractivity contribution in [3.63, 3.8) is 0 Å². The van der Waals surface area contributed by atoms with Gasteiger partial charge in [-0.15, -0.1) is 0 Å². The van der Waals surface area contributed by atoms with Crippen LogP contribution in [0.4, 0.5) is 11.4 Å². The maximum atomic E-state index is 12.3. The molecule has 6 nitrogen and oxygen atoms in total. The van der Waals surface area contributed by atoms with Crippen LogP contribution in [-0.4, -0.2) is 21.8 Å². The van der Waals surface area contributed by atoms with E-state index in [2.05, 4.69) is 27.2 Å². The van der Waals surface area contributed by atoms with E-state index in [1.165, 1.54) is 12.3 Å². The average molecular weight is 318 g/mol. The third-order valence-electron chi connectivity index (χ3n) is 3.33. The summed E-state index contributed by atoms with van der Waals surface area (Å²) < 4.78 is 0. The Morgan fingerprint density at radius 3 is 2.58 bits per heavy atom. The highest BCUT2D eigenvalue weighted by Crippen LogP contribution is 2.21. The second-order valence-corrected chi connectivity index (χ2v) is 4.96. The van der Waals surface area contributed by atoms with Gasteiger partial charge in [0.1, 0.15) is 5.69 Å². The Morgan fingerprint density at radius 1 is 1.00 bits per heavy atom. The van der Waals surface area contributed by atoms with Gasteiger partial charge in [0.15, 0.2) is 0 Å². The van der Waals surface area contributed by atoms with Gasteiger partial charge >= 0.3 is 0 Å². The van der Waals surface area contributed by atoms with Gasteiger partial charge in [0.05, 0.1) is 23.1 Å². The number of anilines is 2.